The van der Waals surface area contributed by atoms with E-state index in [-0.39, 0.29) is 0 Å². The number of allylic oxidation sites excluding steroid dienone is 1. The topological polar surface area (TPSA) is 9.23 Å². The molecule has 0 saturated carbocycles. The van der Waals surface area contributed by atoms with Crippen LogP contribution in [0.15, 0.2) is 12.3 Å². The van der Waals surface area contributed by atoms with Crippen molar-refractivity contribution in [1.29, 1.82) is 0 Å². The fraction of sp³-hybridized carbons (Fsp3) is 0.824. The minimum atomic E-state index is 0.880. The highest BCUT2D eigenvalue weighted by Crippen LogP contribution is 2.11. The Bertz CT molecular complexity index is 163. The first kappa shape index (κ1) is 17.5. The van der Waals surface area contributed by atoms with Crippen LogP contribution >= 0.6 is 0 Å². The molecule has 0 amide bonds. The second-order valence-corrected chi connectivity index (χ2v) is 5.03. The molecule has 0 aromatic rings. The number of rotatable bonds is 14. The average molecular weight is 253 g/mol. The standard InChI is InChI=1S/C17H33O/c1-3-5-6-7-8-9-10-11-12-13-14-15-17-18-16-4-2/h4,10,16H,3,5-9,11-15,17H2,1-2H3. The van der Waals surface area contributed by atoms with Gasteiger partial charge in [-0.1, -0.05) is 77.2 Å². The fourth-order valence-corrected chi connectivity index (χ4v) is 2.03. The summed E-state index contributed by atoms with van der Waals surface area (Å²) >= 11 is 0. The highest BCUT2D eigenvalue weighted by molar-refractivity contribution is 4.66. The molecule has 0 unspecified atom stereocenters. The van der Waals surface area contributed by atoms with Gasteiger partial charge in [0.15, 0.2) is 0 Å². The third kappa shape index (κ3) is 15.5. The molecule has 1 radical (unpaired) electrons. The summed E-state index contributed by atoms with van der Waals surface area (Å²) in [6.07, 6.45) is 21.1. The molecule has 0 aliphatic rings. The van der Waals surface area contributed by atoms with Crippen molar-refractivity contribution in [1.82, 2.24) is 0 Å². The van der Waals surface area contributed by atoms with Crippen LogP contribution < -0.4 is 0 Å². The molecule has 1 heteroatoms. The molecule has 0 atom stereocenters. The first-order chi connectivity index (χ1) is 8.91. The van der Waals surface area contributed by atoms with Crippen molar-refractivity contribution in [2.75, 3.05) is 6.61 Å². The molecule has 0 fully saturated rings. The van der Waals surface area contributed by atoms with Crippen molar-refractivity contribution in [3.05, 3.63) is 18.8 Å². The van der Waals surface area contributed by atoms with Gasteiger partial charge in [0.25, 0.3) is 0 Å². The summed E-state index contributed by atoms with van der Waals surface area (Å²) in [5.74, 6) is 0. The summed E-state index contributed by atoms with van der Waals surface area (Å²) in [6.45, 7) is 5.14. The Labute approximate surface area is 115 Å². The van der Waals surface area contributed by atoms with Crippen molar-refractivity contribution >= 4 is 0 Å². The molecule has 18 heavy (non-hydrogen) atoms. The maximum absolute atomic E-state index is 5.29. The first-order valence-corrected chi connectivity index (χ1v) is 7.96. The van der Waals surface area contributed by atoms with Crippen LogP contribution in [0.3, 0.4) is 0 Å². The normalized spacial score (nSPS) is 11.2. The molecule has 0 saturated heterocycles. The summed E-state index contributed by atoms with van der Waals surface area (Å²) in [4.78, 5) is 0. The Hall–Kier alpha value is -0.460. The van der Waals surface area contributed by atoms with Crippen molar-refractivity contribution in [3.8, 4) is 0 Å². The van der Waals surface area contributed by atoms with Crippen LogP contribution in [0.25, 0.3) is 0 Å². The van der Waals surface area contributed by atoms with Gasteiger partial charge in [-0.05, 0) is 19.8 Å². The lowest BCUT2D eigenvalue weighted by Gasteiger charge is -2.02. The van der Waals surface area contributed by atoms with Gasteiger partial charge in [-0.2, -0.15) is 0 Å². The highest BCUT2D eigenvalue weighted by Gasteiger charge is 1.93. The number of hydrogen-bond acceptors (Lipinski definition) is 1. The van der Waals surface area contributed by atoms with E-state index in [1.807, 2.05) is 13.0 Å². The van der Waals surface area contributed by atoms with Crippen LogP contribution in [0, 0.1) is 6.42 Å². The molecule has 0 aliphatic heterocycles. The molecule has 0 aromatic heterocycles. The minimum Gasteiger partial charge on any atom is -0.502 e. The maximum Gasteiger partial charge on any atom is 0.0873 e. The van der Waals surface area contributed by atoms with E-state index >= 15 is 0 Å². The van der Waals surface area contributed by atoms with Gasteiger partial charge in [-0.15, -0.1) is 0 Å². The predicted molar refractivity (Wildman–Crippen MR) is 81.5 cm³/mol. The fourth-order valence-electron chi connectivity index (χ4n) is 2.03. The van der Waals surface area contributed by atoms with Gasteiger partial charge < -0.3 is 4.74 Å². The van der Waals surface area contributed by atoms with Crippen LogP contribution in [0.1, 0.15) is 84.5 Å². The summed E-state index contributed by atoms with van der Waals surface area (Å²) in [5, 5.41) is 0. The van der Waals surface area contributed by atoms with Crippen LogP contribution in [0.5, 0.6) is 0 Å². The molecular weight excluding hydrogens is 220 g/mol. The molecule has 0 rings (SSSR count). The molecule has 1 nitrogen and oxygen atoms in total. The Morgan fingerprint density at radius 2 is 1.39 bits per heavy atom. The van der Waals surface area contributed by atoms with Crippen LogP contribution in [-0.4, -0.2) is 6.61 Å². The Morgan fingerprint density at radius 3 is 2.00 bits per heavy atom. The lowest BCUT2D eigenvalue weighted by atomic mass is 10.1. The Morgan fingerprint density at radius 1 is 0.778 bits per heavy atom. The lowest BCUT2D eigenvalue weighted by molar-refractivity contribution is 0.240. The Kier molecular flexibility index (Phi) is 16.1. The molecule has 107 valence electrons. The number of unbranched alkanes of at least 4 members (excludes halogenated alkanes) is 11. The van der Waals surface area contributed by atoms with Crippen LogP contribution in [0.4, 0.5) is 0 Å². The number of hydrogen-bond donors (Lipinski definition) is 0. The third-order valence-electron chi connectivity index (χ3n) is 3.16. The zero-order chi connectivity index (χ0) is 13.3. The first-order valence-electron chi connectivity index (χ1n) is 7.96. The van der Waals surface area contributed by atoms with Gasteiger partial charge in [0, 0.05) is 0 Å². The van der Waals surface area contributed by atoms with Gasteiger partial charge in [0.05, 0.1) is 12.9 Å². The van der Waals surface area contributed by atoms with E-state index in [9.17, 15) is 0 Å². The monoisotopic (exact) mass is 253 g/mol. The molecule has 0 aliphatic carbocycles. The third-order valence-corrected chi connectivity index (χ3v) is 3.16. The van der Waals surface area contributed by atoms with E-state index in [1.54, 1.807) is 6.26 Å². The highest BCUT2D eigenvalue weighted by atomic mass is 16.5. The summed E-state index contributed by atoms with van der Waals surface area (Å²) in [5.41, 5.74) is 0. The molecule has 0 bridgehead atoms. The van der Waals surface area contributed by atoms with Crippen molar-refractivity contribution in [2.45, 2.75) is 84.5 Å². The zero-order valence-electron chi connectivity index (χ0n) is 12.6. The summed E-state index contributed by atoms with van der Waals surface area (Å²) in [7, 11) is 0. The summed E-state index contributed by atoms with van der Waals surface area (Å²) in [6, 6.07) is 0. The van der Waals surface area contributed by atoms with E-state index in [0.717, 1.165) is 6.61 Å². The predicted octanol–water partition coefficient (Wildman–Crippen LogP) is 6.05. The van der Waals surface area contributed by atoms with Gasteiger partial charge in [-0.3, -0.25) is 0 Å². The van der Waals surface area contributed by atoms with Crippen molar-refractivity contribution in [2.24, 2.45) is 0 Å². The smallest absolute Gasteiger partial charge is 0.0873 e. The van der Waals surface area contributed by atoms with E-state index < -0.39 is 0 Å². The largest absolute Gasteiger partial charge is 0.502 e. The van der Waals surface area contributed by atoms with E-state index in [1.165, 1.54) is 70.6 Å². The molecule has 0 heterocycles. The van der Waals surface area contributed by atoms with Gasteiger partial charge in [0.2, 0.25) is 0 Å². The Balaban J connectivity index is 2.90. The lowest BCUT2D eigenvalue weighted by Crippen LogP contribution is -1.88. The second kappa shape index (κ2) is 16.5. The maximum atomic E-state index is 5.29. The van der Waals surface area contributed by atoms with Crippen molar-refractivity contribution < 1.29 is 4.74 Å². The molecule has 0 spiro atoms. The van der Waals surface area contributed by atoms with E-state index in [4.69, 9.17) is 4.74 Å². The van der Waals surface area contributed by atoms with Crippen LogP contribution in [0.2, 0.25) is 0 Å². The van der Waals surface area contributed by atoms with Gasteiger partial charge >= 0.3 is 0 Å². The van der Waals surface area contributed by atoms with E-state index in [0.29, 0.717) is 0 Å². The molecule has 0 aromatic carbocycles. The van der Waals surface area contributed by atoms with Crippen molar-refractivity contribution in [3.63, 3.8) is 0 Å². The minimum absolute atomic E-state index is 0.880. The molecular formula is C17H33O. The molecule has 0 N–H and O–H groups in total. The SMILES string of the molecule is CC=COCCCCCC[CH]CCCCCCC. The van der Waals surface area contributed by atoms with E-state index in [2.05, 4.69) is 13.3 Å². The summed E-state index contributed by atoms with van der Waals surface area (Å²) < 4.78 is 5.29. The second-order valence-electron chi connectivity index (χ2n) is 5.03. The number of ether oxygens (including phenoxy) is 1. The zero-order valence-corrected chi connectivity index (χ0v) is 12.6. The average Bonchev–Trinajstić information content (AvgIpc) is 2.39. The van der Waals surface area contributed by atoms with Crippen LogP contribution in [-0.2, 0) is 4.74 Å². The quantitative estimate of drug-likeness (QED) is 0.270. The van der Waals surface area contributed by atoms with Gasteiger partial charge in [0.1, 0.15) is 0 Å². The van der Waals surface area contributed by atoms with Gasteiger partial charge in [-0.25, -0.2) is 0 Å².